The highest BCUT2D eigenvalue weighted by Gasteiger charge is 2.37. The van der Waals surface area contributed by atoms with Gasteiger partial charge < -0.3 is 15.5 Å². The molecule has 3 atom stereocenters. The minimum absolute atomic E-state index is 0.0970. The lowest BCUT2D eigenvalue weighted by Gasteiger charge is -2.14. The predicted molar refractivity (Wildman–Crippen MR) is 67.0 cm³/mol. The Hall–Kier alpha value is -1.47. The highest BCUT2D eigenvalue weighted by molar-refractivity contribution is 4.92. The van der Waals surface area contributed by atoms with E-state index in [0.717, 1.165) is 6.54 Å². The molecule has 7 nitrogen and oxygen atoms in total. The van der Waals surface area contributed by atoms with Crippen LogP contribution < -0.4 is 10.5 Å². The lowest BCUT2D eigenvalue weighted by molar-refractivity contribution is 0.128. The van der Waals surface area contributed by atoms with Crippen LogP contribution in [0.2, 0.25) is 0 Å². The number of hydrogen-bond acceptors (Lipinski definition) is 4. The van der Waals surface area contributed by atoms with Crippen molar-refractivity contribution in [2.45, 2.75) is 32.5 Å². The summed E-state index contributed by atoms with van der Waals surface area (Å²) >= 11 is 0. The van der Waals surface area contributed by atoms with Crippen molar-refractivity contribution >= 4 is 0 Å². The summed E-state index contributed by atoms with van der Waals surface area (Å²) in [5.74, 6) is 0.589. The standard InChI is InChI=1S/C11H19N4O3/c1-8(2)10-7-14(10)6-9(16)5-13-4-3-12-11(13)15(17)18/h3-4,8-10,12,16H,5-7H2,1-2H3/q-1. The Labute approximate surface area is 105 Å². The quantitative estimate of drug-likeness (QED) is 0.536. The summed E-state index contributed by atoms with van der Waals surface area (Å²) in [6, 6.07) is 0.547. The van der Waals surface area contributed by atoms with Crippen LogP contribution in [0.3, 0.4) is 0 Å². The third kappa shape index (κ3) is 2.85. The number of nitrogens with zero attached hydrogens (tertiary/aromatic N) is 3. The maximum Gasteiger partial charge on any atom is 0.358 e. The fraction of sp³-hybridized carbons (Fsp3) is 0.727. The Bertz CT molecular complexity index is 461. The van der Waals surface area contributed by atoms with Gasteiger partial charge in [-0.2, -0.15) is 0 Å². The summed E-state index contributed by atoms with van der Waals surface area (Å²) < 4.78 is 1.43. The highest BCUT2D eigenvalue weighted by Crippen LogP contribution is 2.24. The third-order valence-electron chi connectivity index (χ3n) is 3.29. The van der Waals surface area contributed by atoms with Gasteiger partial charge in [0.25, 0.3) is 0 Å². The molecule has 2 N–H and O–H groups in total. The summed E-state index contributed by atoms with van der Waals surface area (Å²) in [4.78, 5) is 4.25. The zero-order valence-corrected chi connectivity index (χ0v) is 10.6. The van der Waals surface area contributed by atoms with Crippen LogP contribution in [0.15, 0.2) is 12.4 Å². The number of aromatic nitrogens is 2. The van der Waals surface area contributed by atoms with Gasteiger partial charge in [-0.15, -0.1) is 0 Å². The molecule has 0 spiro atoms. The average Bonchev–Trinajstić information content (AvgIpc) is 2.87. The highest BCUT2D eigenvalue weighted by atomic mass is 16.8. The lowest BCUT2D eigenvalue weighted by Crippen LogP contribution is -2.35. The summed E-state index contributed by atoms with van der Waals surface area (Å²) in [5, 5.41) is 31.3. The van der Waals surface area contributed by atoms with Crippen molar-refractivity contribution in [3.05, 3.63) is 28.4 Å². The molecule has 2 rings (SSSR count). The Morgan fingerprint density at radius 3 is 2.78 bits per heavy atom. The van der Waals surface area contributed by atoms with Crippen LogP contribution in [0.5, 0.6) is 0 Å². The second-order valence-electron chi connectivity index (χ2n) is 5.11. The molecular formula is C11H19N4O3-. The van der Waals surface area contributed by atoms with Crippen LogP contribution in [0.25, 0.3) is 0 Å². The first-order valence-electron chi connectivity index (χ1n) is 6.12. The number of imidazole rings is 1. The smallest absolute Gasteiger partial charge is 0.358 e. The first kappa shape index (κ1) is 13.0. The van der Waals surface area contributed by atoms with Crippen LogP contribution in [0, 0.1) is 16.3 Å². The molecule has 3 unspecified atom stereocenters. The maximum absolute atomic E-state index is 10.7. The number of aromatic amines is 1. The molecule has 1 saturated heterocycles. The molecule has 0 aliphatic carbocycles. The van der Waals surface area contributed by atoms with E-state index in [2.05, 4.69) is 23.7 Å². The average molecular weight is 255 g/mol. The maximum atomic E-state index is 10.7. The van der Waals surface area contributed by atoms with Gasteiger partial charge in [-0.25, -0.2) is 9.55 Å². The van der Waals surface area contributed by atoms with E-state index >= 15 is 0 Å². The van der Waals surface area contributed by atoms with E-state index in [1.54, 1.807) is 6.20 Å². The molecule has 0 aromatic carbocycles. The van der Waals surface area contributed by atoms with Gasteiger partial charge in [0.1, 0.15) is 0 Å². The fourth-order valence-corrected chi connectivity index (χ4v) is 2.25. The third-order valence-corrected chi connectivity index (χ3v) is 3.29. The Morgan fingerprint density at radius 1 is 1.50 bits per heavy atom. The molecule has 102 valence electrons. The second kappa shape index (κ2) is 5.03. The zero-order chi connectivity index (χ0) is 13.3. The molecule has 7 heteroatoms. The number of rotatable bonds is 5. The van der Waals surface area contributed by atoms with Crippen molar-refractivity contribution in [2.75, 3.05) is 13.1 Å². The van der Waals surface area contributed by atoms with Gasteiger partial charge in [0.15, 0.2) is 0 Å². The largest absolute Gasteiger partial charge is 0.744 e. The molecule has 1 fully saturated rings. The van der Waals surface area contributed by atoms with Crippen molar-refractivity contribution in [2.24, 2.45) is 5.92 Å². The molecule has 0 bridgehead atoms. The van der Waals surface area contributed by atoms with Gasteiger partial charge in [0.2, 0.25) is 0 Å². The van der Waals surface area contributed by atoms with E-state index in [0.29, 0.717) is 18.5 Å². The summed E-state index contributed by atoms with van der Waals surface area (Å²) in [7, 11) is 0. The Balaban J connectivity index is 1.91. The van der Waals surface area contributed by atoms with Crippen molar-refractivity contribution in [1.82, 2.24) is 19.4 Å². The second-order valence-corrected chi connectivity index (χ2v) is 5.11. The number of aliphatic hydroxyl groups excluding tert-OH is 1. The molecule has 1 aliphatic heterocycles. The molecule has 2 heterocycles. The fourth-order valence-electron chi connectivity index (χ4n) is 2.25. The SMILES string of the molecule is CC(C)C1CN1CC(O)Cn1cc[nH]c1=[N+]([O-])[O-]. The van der Waals surface area contributed by atoms with Crippen molar-refractivity contribution in [3.63, 3.8) is 0 Å². The monoisotopic (exact) mass is 255 g/mol. The number of β-amino-alcohol motifs (C(OH)–C–C–N with tert-alkyl or cyclic N) is 1. The summed E-state index contributed by atoms with van der Waals surface area (Å²) in [5.41, 5.74) is -0.0970. The Kier molecular flexibility index (Phi) is 3.63. The van der Waals surface area contributed by atoms with Crippen LogP contribution in [-0.4, -0.2) is 44.8 Å². The molecule has 0 saturated carbocycles. The number of H-pyrrole nitrogens is 1. The van der Waals surface area contributed by atoms with Crippen LogP contribution in [0.1, 0.15) is 13.8 Å². The Morgan fingerprint density at radius 2 is 2.22 bits per heavy atom. The van der Waals surface area contributed by atoms with E-state index in [1.807, 2.05) is 0 Å². The molecule has 1 aliphatic rings. The molecule has 18 heavy (non-hydrogen) atoms. The lowest BCUT2D eigenvalue weighted by atomic mass is 10.1. The molecule has 0 amide bonds. The van der Waals surface area contributed by atoms with Gasteiger partial charge >= 0.3 is 5.62 Å². The predicted octanol–water partition coefficient (Wildman–Crippen LogP) is -0.715. The van der Waals surface area contributed by atoms with Crippen LogP contribution >= 0.6 is 0 Å². The topological polar surface area (TPSA) is 93.1 Å². The van der Waals surface area contributed by atoms with E-state index in [1.165, 1.54) is 10.8 Å². The number of nitrogens with one attached hydrogen (secondary N) is 1. The zero-order valence-electron chi connectivity index (χ0n) is 10.6. The van der Waals surface area contributed by atoms with Gasteiger partial charge in [-0.05, 0) is 5.92 Å². The van der Waals surface area contributed by atoms with Gasteiger partial charge in [0, 0.05) is 19.1 Å². The van der Waals surface area contributed by atoms with Gasteiger partial charge in [-0.1, -0.05) is 13.8 Å². The van der Waals surface area contributed by atoms with Crippen molar-refractivity contribution in [3.8, 4) is 0 Å². The molecule has 1 aromatic rings. The van der Waals surface area contributed by atoms with E-state index in [4.69, 9.17) is 0 Å². The summed E-state index contributed by atoms with van der Waals surface area (Å²) in [6.45, 7) is 6.12. The first-order valence-corrected chi connectivity index (χ1v) is 6.12. The van der Waals surface area contributed by atoms with E-state index in [9.17, 15) is 15.5 Å². The van der Waals surface area contributed by atoms with Crippen LogP contribution in [-0.2, 0) is 6.54 Å². The van der Waals surface area contributed by atoms with Crippen molar-refractivity contribution in [1.29, 1.82) is 0 Å². The minimum atomic E-state index is -0.590. The normalized spacial score (nSPS) is 24.2. The molecular weight excluding hydrogens is 236 g/mol. The number of hydrogen-bond donors (Lipinski definition) is 2. The molecule has 1 aromatic heterocycles. The first-order chi connectivity index (χ1) is 8.49. The van der Waals surface area contributed by atoms with E-state index in [-0.39, 0.29) is 12.2 Å². The van der Waals surface area contributed by atoms with Crippen molar-refractivity contribution < 1.29 is 5.11 Å². The van der Waals surface area contributed by atoms with Crippen LogP contribution in [0.4, 0.5) is 0 Å². The number of aliphatic hydroxyl groups is 1. The van der Waals surface area contributed by atoms with Gasteiger partial charge in [0.05, 0.1) is 25.0 Å². The van der Waals surface area contributed by atoms with Gasteiger partial charge in [-0.3, -0.25) is 9.80 Å². The minimum Gasteiger partial charge on any atom is -0.744 e. The van der Waals surface area contributed by atoms with E-state index < -0.39 is 11.0 Å². The molecule has 0 radical (unpaired) electrons. The summed E-state index contributed by atoms with van der Waals surface area (Å²) in [6.07, 6.45) is 2.48.